The molecule has 162 valence electrons. The topological polar surface area (TPSA) is 60.9 Å². The first-order valence-corrected chi connectivity index (χ1v) is 11.3. The zero-order valence-electron chi connectivity index (χ0n) is 16.2. The molecule has 1 N–H and O–H groups in total. The Morgan fingerprint density at radius 1 is 0.867 bits per heavy atom. The monoisotopic (exact) mass is 440 g/mol. The quantitative estimate of drug-likeness (QED) is 0.775. The van der Waals surface area contributed by atoms with Gasteiger partial charge in [0.15, 0.2) is 5.60 Å². The third-order valence-corrected chi connectivity index (χ3v) is 7.81. The van der Waals surface area contributed by atoms with Gasteiger partial charge in [-0.15, -0.1) is 0 Å². The van der Waals surface area contributed by atoms with Crippen LogP contribution in [0.2, 0.25) is 0 Å². The summed E-state index contributed by atoms with van der Waals surface area (Å²) in [5.74, 6) is -0.796. The molecule has 0 radical (unpaired) electrons. The van der Waals surface area contributed by atoms with Gasteiger partial charge < -0.3 is 10.0 Å². The van der Waals surface area contributed by atoms with Crippen LogP contribution in [-0.4, -0.2) is 50.2 Å². The number of anilines is 1. The van der Waals surface area contributed by atoms with E-state index in [-0.39, 0.29) is 23.5 Å². The summed E-state index contributed by atoms with van der Waals surface area (Å²) in [4.78, 5) is 2.18. The molecular weight excluding hydrogens is 417 g/mol. The SMILES string of the molecule is O=S(=O)(c1ccccc1)N1CCN(c2ccc([C@@](O)(C3CC3)C(F)(F)F)cc2)CC1. The van der Waals surface area contributed by atoms with E-state index in [0.29, 0.717) is 31.6 Å². The fourth-order valence-electron chi connectivity index (χ4n) is 3.99. The number of rotatable bonds is 5. The normalized spacial score (nSPS) is 20.7. The zero-order chi connectivity index (χ0) is 21.6. The van der Waals surface area contributed by atoms with Gasteiger partial charge in [0.25, 0.3) is 0 Å². The third kappa shape index (κ3) is 3.70. The summed E-state index contributed by atoms with van der Waals surface area (Å²) in [6.07, 6.45) is -4.02. The van der Waals surface area contributed by atoms with E-state index in [1.165, 1.54) is 16.4 Å². The number of sulfonamides is 1. The standard InChI is InChI=1S/C21H23F3N2O3S/c22-21(23,24)20(27,16-6-7-16)17-8-10-18(11-9-17)25-12-14-26(15-13-25)30(28,29)19-4-2-1-3-5-19/h1-5,8-11,16,27H,6-7,12-15H2/t20-/m0/s1. The van der Waals surface area contributed by atoms with Crippen molar-refractivity contribution in [1.29, 1.82) is 0 Å². The summed E-state index contributed by atoms with van der Waals surface area (Å²) in [5, 5.41) is 10.4. The molecular formula is C21H23F3N2O3S. The van der Waals surface area contributed by atoms with Gasteiger partial charge in [-0.3, -0.25) is 0 Å². The molecule has 30 heavy (non-hydrogen) atoms. The van der Waals surface area contributed by atoms with Gasteiger partial charge in [0.2, 0.25) is 10.0 Å². The second-order valence-electron chi connectivity index (χ2n) is 7.79. The van der Waals surface area contributed by atoms with Gasteiger partial charge in [-0.2, -0.15) is 17.5 Å². The first kappa shape index (κ1) is 21.1. The summed E-state index contributed by atoms with van der Waals surface area (Å²) in [6, 6.07) is 14.0. The molecule has 0 unspecified atom stereocenters. The molecule has 1 aliphatic carbocycles. The van der Waals surface area contributed by atoms with Gasteiger partial charge >= 0.3 is 6.18 Å². The summed E-state index contributed by atoms with van der Waals surface area (Å²) in [5.41, 5.74) is -2.25. The molecule has 2 fully saturated rings. The van der Waals surface area contributed by atoms with Crippen LogP contribution in [0.5, 0.6) is 0 Å². The fourth-order valence-corrected chi connectivity index (χ4v) is 5.43. The van der Waals surface area contributed by atoms with Gasteiger partial charge in [-0.1, -0.05) is 30.3 Å². The van der Waals surface area contributed by atoms with Crippen LogP contribution in [0.25, 0.3) is 0 Å². The van der Waals surface area contributed by atoms with E-state index >= 15 is 0 Å². The van der Waals surface area contributed by atoms with Crippen LogP contribution in [-0.2, 0) is 15.6 Å². The Morgan fingerprint density at radius 2 is 1.43 bits per heavy atom. The van der Waals surface area contributed by atoms with Crippen LogP contribution < -0.4 is 4.90 Å². The zero-order valence-corrected chi connectivity index (χ0v) is 17.0. The smallest absolute Gasteiger partial charge is 0.376 e. The Kier molecular flexibility index (Phi) is 5.32. The molecule has 2 aliphatic rings. The summed E-state index contributed by atoms with van der Waals surface area (Å²) < 4.78 is 67.4. The largest absolute Gasteiger partial charge is 0.421 e. The van der Waals surface area contributed by atoms with Crippen molar-refractivity contribution >= 4 is 15.7 Å². The maximum absolute atomic E-state index is 13.5. The van der Waals surface area contributed by atoms with Gasteiger partial charge in [0.05, 0.1) is 4.90 Å². The summed E-state index contributed by atoms with van der Waals surface area (Å²) in [7, 11) is -3.56. The Labute approximate surface area is 173 Å². The van der Waals surface area contributed by atoms with Crippen molar-refractivity contribution in [3.8, 4) is 0 Å². The highest BCUT2D eigenvalue weighted by atomic mass is 32.2. The lowest BCUT2D eigenvalue weighted by atomic mass is 9.88. The van der Waals surface area contributed by atoms with Gasteiger partial charge in [-0.25, -0.2) is 8.42 Å². The minimum atomic E-state index is -4.73. The number of nitrogens with zero attached hydrogens (tertiary/aromatic N) is 2. The van der Waals surface area contributed by atoms with Gasteiger partial charge in [0, 0.05) is 37.8 Å². The highest BCUT2D eigenvalue weighted by Gasteiger charge is 2.62. The van der Waals surface area contributed by atoms with E-state index in [4.69, 9.17) is 0 Å². The molecule has 0 amide bonds. The predicted molar refractivity (Wildman–Crippen MR) is 107 cm³/mol. The van der Waals surface area contributed by atoms with Crippen LogP contribution in [0.3, 0.4) is 0 Å². The number of benzene rings is 2. The first-order chi connectivity index (χ1) is 14.1. The maximum Gasteiger partial charge on any atom is 0.421 e. The lowest BCUT2D eigenvalue weighted by molar-refractivity contribution is -0.275. The van der Waals surface area contributed by atoms with E-state index in [1.807, 2.05) is 4.90 Å². The molecule has 1 saturated carbocycles. The summed E-state index contributed by atoms with van der Waals surface area (Å²) in [6.45, 7) is 1.43. The molecule has 0 aromatic heterocycles. The lowest BCUT2D eigenvalue weighted by Crippen LogP contribution is -2.48. The molecule has 4 rings (SSSR count). The minimum Gasteiger partial charge on any atom is -0.376 e. The number of halogens is 3. The number of hydrogen-bond acceptors (Lipinski definition) is 4. The average molecular weight is 440 g/mol. The van der Waals surface area contributed by atoms with Crippen molar-refractivity contribution in [3.05, 3.63) is 60.2 Å². The van der Waals surface area contributed by atoms with E-state index in [2.05, 4.69) is 0 Å². The molecule has 2 aromatic rings. The second kappa shape index (κ2) is 7.55. The van der Waals surface area contributed by atoms with E-state index in [1.54, 1.807) is 42.5 Å². The van der Waals surface area contributed by atoms with E-state index in [9.17, 15) is 26.7 Å². The Bertz CT molecular complexity index is 984. The Hall–Kier alpha value is -2.10. The van der Waals surface area contributed by atoms with Crippen LogP contribution in [0.15, 0.2) is 59.5 Å². The van der Waals surface area contributed by atoms with Crippen molar-refractivity contribution < 1.29 is 26.7 Å². The van der Waals surface area contributed by atoms with Crippen LogP contribution in [0.1, 0.15) is 18.4 Å². The molecule has 2 aromatic carbocycles. The molecule has 0 bridgehead atoms. The Morgan fingerprint density at radius 3 is 1.93 bits per heavy atom. The molecule has 1 heterocycles. The van der Waals surface area contributed by atoms with Gasteiger partial charge in [-0.05, 0) is 42.7 Å². The van der Waals surface area contributed by atoms with Crippen LogP contribution >= 0.6 is 0 Å². The van der Waals surface area contributed by atoms with Crippen molar-refractivity contribution in [2.75, 3.05) is 31.1 Å². The Balaban J connectivity index is 1.46. The fraction of sp³-hybridized carbons (Fsp3) is 0.429. The highest BCUT2D eigenvalue weighted by molar-refractivity contribution is 7.89. The number of aliphatic hydroxyl groups is 1. The highest BCUT2D eigenvalue weighted by Crippen LogP contribution is 2.54. The average Bonchev–Trinajstić information content (AvgIpc) is 3.59. The second-order valence-corrected chi connectivity index (χ2v) is 9.73. The van der Waals surface area contributed by atoms with Gasteiger partial charge in [0.1, 0.15) is 0 Å². The van der Waals surface area contributed by atoms with Crippen LogP contribution in [0, 0.1) is 5.92 Å². The van der Waals surface area contributed by atoms with E-state index in [0.717, 1.165) is 0 Å². The maximum atomic E-state index is 13.5. The first-order valence-electron chi connectivity index (χ1n) is 9.84. The minimum absolute atomic E-state index is 0.147. The molecule has 1 aliphatic heterocycles. The number of alkyl halides is 3. The molecule has 9 heteroatoms. The molecule has 5 nitrogen and oxygen atoms in total. The lowest BCUT2D eigenvalue weighted by Gasteiger charge is -2.36. The van der Waals surface area contributed by atoms with Crippen molar-refractivity contribution in [3.63, 3.8) is 0 Å². The molecule has 1 saturated heterocycles. The number of hydrogen-bond donors (Lipinski definition) is 1. The summed E-state index contributed by atoms with van der Waals surface area (Å²) >= 11 is 0. The number of piperazine rings is 1. The predicted octanol–water partition coefficient (Wildman–Crippen LogP) is 3.36. The third-order valence-electron chi connectivity index (χ3n) is 5.89. The molecule has 0 spiro atoms. The van der Waals surface area contributed by atoms with Crippen LogP contribution in [0.4, 0.5) is 18.9 Å². The van der Waals surface area contributed by atoms with Crippen molar-refractivity contribution in [1.82, 2.24) is 4.31 Å². The van der Waals surface area contributed by atoms with Crippen molar-refractivity contribution in [2.45, 2.75) is 29.5 Å². The van der Waals surface area contributed by atoms with E-state index < -0.39 is 27.7 Å². The van der Waals surface area contributed by atoms with Crippen molar-refractivity contribution in [2.24, 2.45) is 5.92 Å². The molecule has 1 atom stereocenters.